The van der Waals surface area contributed by atoms with Crippen molar-refractivity contribution in [1.29, 1.82) is 0 Å². The third-order valence-corrected chi connectivity index (χ3v) is 2.80. The van der Waals surface area contributed by atoms with Gasteiger partial charge in [0.1, 0.15) is 11.6 Å². The van der Waals surface area contributed by atoms with Crippen molar-refractivity contribution in [1.82, 2.24) is 10.3 Å². The van der Waals surface area contributed by atoms with Crippen LogP contribution in [-0.2, 0) is 9.53 Å². The van der Waals surface area contributed by atoms with Gasteiger partial charge in [0.15, 0.2) is 0 Å². The van der Waals surface area contributed by atoms with Crippen LogP contribution in [-0.4, -0.2) is 46.6 Å². The highest BCUT2D eigenvalue weighted by Crippen LogP contribution is 2.25. The Labute approximate surface area is 124 Å². The zero-order valence-corrected chi connectivity index (χ0v) is 11.7. The molecular weight excluding hydrogens is 306 g/mol. The number of hydrogen-bond acceptors (Lipinski definition) is 6. The van der Waals surface area contributed by atoms with Gasteiger partial charge in [-0.3, -0.25) is 14.9 Å². The number of carbonyl (C=O) groups excluding carboxylic acids is 1. The average Bonchev–Trinajstić information content (AvgIpc) is 2.42. The molecule has 1 rings (SSSR count). The number of nitrogens with zero attached hydrogens (tertiary/aromatic N) is 2. The van der Waals surface area contributed by atoms with E-state index in [-0.39, 0.29) is 18.6 Å². The van der Waals surface area contributed by atoms with Gasteiger partial charge in [0.25, 0.3) is 5.91 Å². The van der Waals surface area contributed by atoms with Crippen molar-refractivity contribution in [2.75, 3.05) is 13.7 Å². The molecule has 0 radical (unpaired) electrons. The predicted octanol–water partition coefficient (Wildman–Crippen LogP) is 0.863. The Kier molecular flexibility index (Phi) is 6.00. The number of nitrogens with one attached hydrogen (secondary N) is 1. The maximum Gasteiger partial charge on any atom is 0.326 e. The van der Waals surface area contributed by atoms with Gasteiger partial charge in [-0.2, -0.15) is 0 Å². The quantitative estimate of drug-likeness (QED) is 0.433. The molecule has 0 fully saturated rings. The number of aromatic nitrogens is 1. The van der Waals surface area contributed by atoms with Crippen LogP contribution in [0.15, 0.2) is 12.3 Å². The van der Waals surface area contributed by atoms with Crippen LogP contribution in [0.25, 0.3) is 0 Å². The van der Waals surface area contributed by atoms with E-state index in [4.69, 9.17) is 21.4 Å². The third-order valence-electron chi connectivity index (χ3n) is 2.52. The predicted molar refractivity (Wildman–Crippen MR) is 71.3 cm³/mol. The summed E-state index contributed by atoms with van der Waals surface area (Å²) in [6.07, 6.45) is 1.14. The normalized spacial score (nSPS) is 11.7. The van der Waals surface area contributed by atoms with Crippen molar-refractivity contribution < 1.29 is 24.4 Å². The number of hydrogen-bond donors (Lipinski definition) is 2. The minimum atomic E-state index is -1.27. The Morgan fingerprint density at radius 2 is 2.29 bits per heavy atom. The van der Waals surface area contributed by atoms with Crippen molar-refractivity contribution in [3.63, 3.8) is 0 Å². The van der Waals surface area contributed by atoms with Gasteiger partial charge in [-0.25, -0.2) is 9.78 Å². The first kappa shape index (κ1) is 16.8. The summed E-state index contributed by atoms with van der Waals surface area (Å²) in [5, 5.41) is 21.6. The number of ether oxygens (including phenoxy) is 1. The largest absolute Gasteiger partial charge is 0.480 e. The fraction of sp³-hybridized carbons (Fsp3) is 0.364. The summed E-state index contributed by atoms with van der Waals surface area (Å²) in [5.74, 6) is -2.20. The van der Waals surface area contributed by atoms with Crippen molar-refractivity contribution >= 4 is 29.2 Å². The molecule has 0 aliphatic rings. The lowest BCUT2D eigenvalue weighted by molar-refractivity contribution is -0.385. The maximum atomic E-state index is 12.0. The Morgan fingerprint density at radius 1 is 1.62 bits per heavy atom. The number of carbonyl (C=O) groups is 2. The molecule has 2 N–H and O–H groups in total. The SMILES string of the molecule is COCCC(NC(=O)c1ccnc(Cl)c1[N+](=O)[O-])C(=O)O. The molecule has 9 nitrogen and oxygen atoms in total. The van der Waals surface area contributed by atoms with Crippen molar-refractivity contribution in [2.45, 2.75) is 12.5 Å². The molecular formula is C11H12ClN3O6. The summed E-state index contributed by atoms with van der Waals surface area (Å²) < 4.78 is 4.74. The average molecular weight is 318 g/mol. The maximum absolute atomic E-state index is 12.0. The summed E-state index contributed by atoms with van der Waals surface area (Å²) in [7, 11) is 1.38. The number of methoxy groups -OCH3 is 1. The molecule has 0 spiro atoms. The first-order chi connectivity index (χ1) is 9.88. The van der Waals surface area contributed by atoms with E-state index in [2.05, 4.69) is 10.3 Å². The molecule has 1 aromatic rings. The van der Waals surface area contributed by atoms with Gasteiger partial charge in [-0.1, -0.05) is 11.6 Å². The second-order valence-corrected chi connectivity index (χ2v) is 4.26. The lowest BCUT2D eigenvalue weighted by atomic mass is 10.1. The number of nitro groups is 1. The van der Waals surface area contributed by atoms with Gasteiger partial charge in [-0.15, -0.1) is 0 Å². The highest BCUT2D eigenvalue weighted by molar-refractivity contribution is 6.32. The second kappa shape index (κ2) is 7.50. The summed E-state index contributed by atoms with van der Waals surface area (Å²) in [6.45, 7) is 0.108. The van der Waals surface area contributed by atoms with Crippen LogP contribution in [0.2, 0.25) is 5.15 Å². The van der Waals surface area contributed by atoms with E-state index in [1.54, 1.807) is 0 Å². The molecule has 0 saturated heterocycles. The number of amides is 1. The van der Waals surface area contributed by atoms with E-state index in [0.717, 1.165) is 12.3 Å². The van der Waals surface area contributed by atoms with Crippen LogP contribution < -0.4 is 5.32 Å². The topological polar surface area (TPSA) is 132 Å². The van der Waals surface area contributed by atoms with Gasteiger partial charge in [0, 0.05) is 26.3 Å². The first-order valence-corrected chi connectivity index (χ1v) is 6.07. The molecule has 0 bridgehead atoms. The van der Waals surface area contributed by atoms with E-state index >= 15 is 0 Å². The molecule has 0 aliphatic heterocycles. The summed E-state index contributed by atoms with van der Waals surface area (Å²) in [5.41, 5.74) is -1.03. The standard InChI is InChI=1S/C11H12ClN3O6/c1-21-5-3-7(11(17)18)14-10(16)6-2-4-13-9(12)8(6)15(19)20/h2,4,7H,3,5H2,1H3,(H,14,16)(H,17,18). The minimum Gasteiger partial charge on any atom is -0.480 e. The zero-order valence-electron chi connectivity index (χ0n) is 10.9. The lowest BCUT2D eigenvalue weighted by Crippen LogP contribution is -2.41. The molecule has 0 aliphatic carbocycles. The van der Waals surface area contributed by atoms with Gasteiger partial charge >= 0.3 is 11.7 Å². The number of aliphatic carboxylic acids is 1. The smallest absolute Gasteiger partial charge is 0.326 e. The minimum absolute atomic E-state index is 0.0180. The van der Waals surface area contributed by atoms with Crippen LogP contribution in [0.3, 0.4) is 0 Å². The van der Waals surface area contributed by atoms with Crippen molar-refractivity contribution in [3.05, 3.63) is 33.1 Å². The molecule has 1 unspecified atom stereocenters. The molecule has 10 heteroatoms. The van der Waals surface area contributed by atoms with Crippen LogP contribution in [0.4, 0.5) is 5.69 Å². The van der Waals surface area contributed by atoms with Crippen LogP contribution in [0.5, 0.6) is 0 Å². The fourth-order valence-electron chi connectivity index (χ4n) is 1.51. The van der Waals surface area contributed by atoms with Gasteiger partial charge in [0.05, 0.1) is 4.92 Å². The molecule has 1 atom stereocenters. The third kappa shape index (κ3) is 4.36. The zero-order chi connectivity index (χ0) is 16.0. The Bertz CT molecular complexity index is 565. The lowest BCUT2D eigenvalue weighted by Gasteiger charge is -2.14. The molecule has 0 aromatic carbocycles. The van der Waals surface area contributed by atoms with E-state index in [1.807, 2.05) is 0 Å². The van der Waals surface area contributed by atoms with E-state index < -0.39 is 33.7 Å². The molecule has 1 aromatic heterocycles. The first-order valence-electron chi connectivity index (χ1n) is 5.70. The fourth-order valence-corrected chi connectivity index (χ4v) is 1.74. The highest BCUT2D eigenvalue weighted by Gasteiger charge is 2.28. The van der Waals surface area contributed by atoms with Crippen molar-refractivity contribution in [3.8, 4) is 0 Å². The van der Waals surface area contributed by atoms with Crippen LogP contribution in [0.1, 0.15) is 16.8 Å². The number of halogens is 1. The molecule has 21 heavy (non-hydrogen) atoms. The molecule has 114 valence electrons. The van der Waals surface area contributed by atoms with E-state index in [9.17, 15) is 19.7 Å². The monoisotopic (exact) mass is 317 g/mol. The van der Waals surface area contributed by atoms with Gasteiger partial charge in [0.2, 0.25) is 5.15 Å². The Balaban J connectivity index is 3.00. The van der Waals surface area contributed by atoms with Gasteiger partial charge in [-0.05, 0) is 6.07 Å². The van der Waals surface area contributed by atoms with E-state index in [1.165, 1.54) is 7.11 Å². The summed E-state index contributed by atoms with van der Waals surface area (Å²) in [6, 6.07) is -0.141. The molecule has 0 saturated carbocycles. The van der Waals surface area contributed by atoms with E-state index in [0.29, 0.717) is 0 Å². The highest BCUT2D eigenvalue weighted by atomic mass is 35.5. The Morgan fingerprint density at radius 3 is 2.81 bits per heavy atom. The van der Waals surface area contributed by atoms with Crippen LogP contribution >= 0.6 is 11.6 Å². The summed E-state index contributed by atoms with van der Waals surface area (Å²) in [4.78, 5) is 36.6. The summed E-state index contributed by atoms with van der Waals surface area (Å²) >= 11 is 5.58. The van der Waals surface area contributed by atoms with Crippen molar-refractivity contribution in [2.24, 2.45) is 0 Å². The number of pyridine rings is 1. The Hall–Kier alpha value is -2.26. The molecule has 1 heterocycles. The number of carboxylic acid groups (broad SMARTS) is 1. The van der Waals surface area contributed by atoms with Crippen LogP contribution in [0, 0.1) is 10.1 Å². The van der Waals surface area contributed by atoms with Gasteiger partial charge < -0.3 is 15.2 Å². The number of rotatable bonds is 7. The second-order valence-electron chi connectivity index (χ2n) is 3.90. The molecule has 1 amide bonds. The number of carboxylic acids is 1.